The molecule has 2 aliphatic heterocycles. The van der Waals surface area contributed by atoms with E-state index in [2.05, 4.69) is 0 Å². The third-order valence-corrected chi connectivity index (χ3v) is 3.72. The smallest absolute Gasteiger partial charge is 0.272 e. The van der Waals surface area contributed by atoms with Gasteiger partial charge < -0.3 is 19.1 Å². The van der Waals surface area contributed by atoms with E-state index in [1.807, 2.05) is 30.3 Å². The minimum atomic E-state index is -0.635. The number of hydrogen-bond acceptors (Lipinski definition) is 4. The molecule has 5 heteroatoms. The van der Waals surface area contributed by atoms with Crippen molar-refractivity contribution in [1.29, 1.82) is 0 Å². The molecule has 2 aliphatic rings. The predicted molar refractivity (Wildman–Crippen MR) is 75.8 cm³/mol. The first-order valence-electron chi connectivity index (χ1n) is 6.67. The lowest BCUT2D eigenvalue weighted by Crippen LogP contribution is -2.38. The second kappa shape index (κ2) is 4.41. The third-order valence-electron chi connectivity index (χ3n) is 3.72. The van der Waals surface area contributed by atoms with Crippen molar-refractivity contribution in [3.8, 4) is 17.2 Å². The number of amides is 1. The summed E-state index contributed by atoms with van der Waals surface area (Å²) in [5.41, 5.74) is 1.52. The van der Waals surface area contributed by atoms with Crippen molar-refractivity contribution in [3.63, 3.8) is 0 Å². The predicted octanol–water partition coefficient (Wildman–Crippen LogP) is 2.51. The highest BCUT2D eigenvalue weighted by atomic mass is 16.7. The fraction of sp³-hybridized carbons (Fsp3) is 0.188. The zero-order valence-electron chi connectivity index (χ0n) is 11.4. The van der Waals surface area contributed by atoms with E-state index in [0.29, 0.717) is 22.9 Å². The van der Waals surface area contributed by atoms with Gasteiger partial charge >= 0.3 is 0 Å². The molecule has 2 aromatic rings. The van der Waals surface area contributed by atoms with Gasteiger partial charge in [-0.3, -0.25) is 4.79 Å². The Labute approximate surface area is 121 Å². The molecule has 2 aromatic carbocycles. The summed E-state index contributed by atoms with van der Waals surface area (Å²) in [6, 6.07) is 13.0. The fourth-order valence-electron chi connectivity index (χ4n) is 2.58. The van der Waals surface area contributed by atoms with Gasteiger partial charge in [-0.05, 0) is 0 Å². The van der Waals surface area contributed by atoms with E-state index in [1.165, 1.54) is 0 Å². The van der Waals surface area contributed by atoms with Gasteiger partial charge in [0.25, 0.3) is 5.91 Å². The van der Waals surface area contributed by atoms with Crippen LogP contribution in [0, 0.1) is 0 Å². The standard InChI is InChI=1S/C16H13NO4/c1-17-11-7-13-14(20-9-19-13)8-12(11)21-15(16(17)18)10-5-3-2-4-6-10/h2-8,15H,9H2,1H3. The van der Waals surface area contributed by atoms with E-state index in [0.717, 1.165) is 5.56 Å². The lowest BCUT2D eigenvalue weighted by Gasteiger charge is -2.32. The number of nitrogens with zero attached hydrogens (tertiary/aromatic N) is 1. The Balaban J connectivity index is 1.79. The minimum absolute atomic E-state index is 0.104. The molecule has 0 aromatic heterocycles. The van der Waals surface area contributed by atoms with Crippen LogP contribution in [0.1, 0.15) is 11.7 Å². The Hall–Kier alpha value is -2.69. The van der Waals surface area contributed by atoms with Crippen LogP contribution in [0.25, 0.3) is 0 Å². The second-order valence-electron chi connectivity index (χ2n) is 4.98. The van der Waals surface area contributed by atoms with Gasteiger partial charge in [-0.15, -0.1) is 0 Å². The highest BCUT2D eigenvalue weighted by Gasteiger charge is 2.35. The average Bonchev–Trinajstić information content (AvgIpc) is 2.97. The molecular weight excluding hydrogens is 270 g/mol. The van der Waals surface area contributed by atoms with Crippen molar-refractivity contribution in [2.24, 2.45) is 0 Å². The van der Waals surface area contributed by atoms with E-state index in [4.69, 9.17) is 14.2 Å². The molecule has 5 nitrogen and oxygen atoms in total. The first-order chi connectivity index (χ1) is 10.2. The lowest BCUT2D eigenvalue weighted by atomic mass is 10.1. The Morgan fingerprint density at radius 3 is 2.52 bits per heavy atom. The molecule has 0 bridgehead atoms. The normalized spacial score (nSPS) is 19.2. The minimum Gasteiger partial charge on any atom is -0.473 e. The lowest BCUT2D eigenvalue weighted by molar-refractivity contribution is -0.126. The zero-order valence-corrected chi connectivity index (χ0v) is 11.4. The maximum Gasteiger partial charge on any atom is 0.272 e. The van der Waals surface area contributed by atoms with Crippen molar-refractivity contribution in [1.82, 2.24) is 0 Å². The number of likely N-dealkylation sites (N-methyl/N-ethyl adjacent to an activating group) is 1. The average molecular weight is 283 g/mol. The first kappa shape index (κ1) is 12.1. The summed E-state index contributed by atoms with van der Waals surface area (Å²) in [6.45, 7) is 0.192. The van der Waals surface area contributed by atoms with Crippen LogP contribution in [0.5, 0.6) is 17.2 Å². The fourth-order valence-corrected chi connectivity index (χ4v) is 2.58. The van der Waals surface area contributed by atoms with Crippen LogP contribution in [0.15, 0.2) is 42.5 Å². The van der Waals surface area contributed by atoms with Gasteiger partial charge in [0, 0.05) is 24.7 Å². The van der Waals surface area contributed by atoms with Crippen molar-refractivity contribution in [3.05, 3.63) is 48.0 Å². The molecule has 0 fully saturated rings. The Bertz CT molecular complexity index is 714. The van der Waals surface area contributed by atoms with Gasteiger partial charge in [-0.1, -0.05) is 30.3 Å². The molecule has 0 N–H and O–H groups in total. The number of ether oxygens (including phenoxy) is 3. The molecule has 0 spiro atoms. The number of benzene rings is 2. The molecule has 0 radical (unpaired) electrons. The maximum absolute atomic E-state index is 12.5. The molecule has 0 aliphatic carbocycles. The number of carbonyl (C=O) groups is 1. The van der Waals surface area contributed by atoms with Gasteiger partial charge in [-0.2, -0.15) is 0 Å². The number of fused-ring (bicyclic) bond motifs is 2. The summed E-state index contributed by atoms with van der Waals surface area (Å²) in [5, 5.41) is 0. The van der Waals surface area contributed by atoms with E-state index >= 15 is 0 Å². The Morgan fingerprint density at radius 2 is 1.76 bits per heavy atom. The monoisotopic (exact) mass is 283 g/mol. The largest absolute Gasteiger partial charge is 0.473 e. The van der Waals surface area contributed by atoms with Gasteiger partial charge in [0.2, 0.25) is 12.9 Å². The van der Waals surface area contributed by atoms with Gasteiger partial charge in [0.1, 0.15) is 5.75 Å². The molecule has 4 rings (SSSR count). The number of hydrogen-bond donors (Lipinski definition) is 0. The van der Waals surface area contributed by atoms with Crippen LogP contribution in [-0.2, 0) is 4.79 Å². The summed E-state index contributed by atoms with van der Waals surface area (Å²) in [6.07, 6.45) is -0.635. The van der Waals surface area contributed by atoms with Gasteiger partial charge in [0.15, 0.2) is 11.5 Å². The molecule has 1 amide bonds. The zero-order chi connectivity index (χ0) is 14.4. The highest BCUT2D eigenvalue weighted by molar-refractivity contribution is 6.00. The van der Waals surface area contributed by atoms with Gasteiger partial charge in [-0.25, -0.2) is 0 Å². The first-order valence-corrected chi connectivity index (χ1v) is 6.67. The Kier molecular flexibility index (Phi) is 2.54. The van der Waals surface area contributed by atoms with Crippen molar-refractivity contribution < 1.29 is 19.0 Å². The molecule has 21 heavy (non-hydrogen) atoms. The van der Waals surface area contributed by atoms with Crippen LogP contribution in [0.4, 0.5) is 5.69 Å². The van der Waals surface area contributed by atoms with Crippen LogP contribution in [0.2, 0.25) is 0 Å². The van der Waals surface area contributed by atoms with Crippen molar-refractivity contribution in [2.75, 3.05) is 18.7 Å². The molecular formula is C16H13NO4. The van der Waals surface area contributed by atoms with E-state index in [9.17, 15) is 4.79 Å². The highest BCUT2D eigenvalue weighted by Crippen LogP contribution is 2.46. The van der Waals surface area contributed by atoms with Crippen molar-refractivity contribution in [2.45, 2.75) is 6.10 Å². The third kappa shape index (κ3) is 1.81. The maximum atomic E-state index is 12.5. The quantitative estimate of drug-likeness (QED) is 0.807. The van der Waals surface area contributed by atoms with Crippen LogP contribution in [0.3, 0.4) is 0 Å². The summed E-state index contributed by atoms with van der Waals surface area (Å²) in [4.78, 5) is 14.1. The van der Waals surface area contributed by atoms with Crippen LogP contribution < -0.4 is 19.1 Å². The summed E-state index contributed by atoms with van der Waals surface area (Å²) < 4.78 is 16.6. The SMILES string of the molecule is CN1C(=O)C(c2ccccc2)Oc2cc3c(cc21)OCO3. The molecule has 1 unspecified atom stereocenters. The van der Waals surface area contributed by atoms with Crippen LogP contribution in [-0.4, -0.2) is 19.7 Å². The summed E-state index contributed by atoms with van der Waals surface area (Å²) in [5.74, 6) is 1.79. The van der Waals surface area contributed by atoms with E-state index in [1.54, 1.807) is 24.1 Å². The summed E-state index contributed by atoms with van der Waals surface area (Å²) >= 11 is 0. The van der Waals surface area contributed by atoms with E-state index < -0.39 is 6.10 Å². The van der Waals surface area contributed by atoms with E-state index in [-0.39, 0.29) is 12.7 Å². The number of carbonyl (C=O) groups excluding carboxylic acids is 1. The number of anilines is 1. The molecule has 0 saturated heterocycles. The molecule has 2 heterocycles. The number of rotatable bonds is 1. The second-order valence-corrected chi connectivity index (χ2v) is 4.98. The molecule has 106 valence electrons. The molecule has 1 atom stereocenters. The van der Waals surface area contributed by atoms with Crippen LogP contribution >= 0.6 is 0 Å². The topological polar surface area (TPSA) is 48.0 Å². The Morgan fingerprint density at radius 1 is 1.05 bits per heavy atom. The van der Waals surface area contributed by atoms with Crippen molar-refractivity contribution >= 4 is 11.6 Å². The van der Waals surface area contributed by atoms with Gasteiger partial charge in [0.05, 0.1) is 5.69 Å². The summed E-state index contributed by atoms with van der Waals surface area (Å²) in [7, 11) is 1.74. The molecule has 0 saturated carbocycles.